The molecule has 0 bridgehead atoms. The Bertz CT molecular complexity index is 346. The molecule has 0 amide bonds. The van der Waals surface area contributed by atoms with Gasteiger partial charge in [-0.25, -0.2) is 0 Å². The lowest BCUT2D eigenvalue weighted by Gasteiger charge is -2.24. The fraction of sp³-hybridized carbons (Fsp3) is 0.538. The Morgan fingerprint density at radius 3 is 2.00 bits per heavy atom. The summed E-state index contributed by atoms with van der Waals surface area (Å²) >= 11 is 0. The first-order valence-corrected chi connectivity index (χ1v) is 5.65. The Balaban J connectivity index is 3.23. The van der Waals surface area contributed by atoms with Crippen molar-refractivity contribution in [3.8, 4) is 11.5 Å². The molecule has 0 saturated carbocycles. The number of anilines is 1. The second kappa shape index (κ2) is 5.64. The van der Waals surface area contributed by atoms with Crippen molar-refractivity contribution in [3.63, 3.8) is 0 Å². The van der Waals surface area contributed by atoms with Crippen LogP contribution in [-0.2, 0) is 0 Å². The molecule has 3 heteroatoms. The predicted molar refractivity (Wildman–Crippen MR) is 67.8 cm³/mol. The van der Waals surface area contributed by atoms with Crippen molar-refractivity contribution in [1.29, 1.82) is 0 Å². The molecule has 0 saturated heterocycles. The van der Waals surface area contributed by atoms with Gasteiger partial charge < -0.3 is 14.4 Å². The number of rotatable bonds is 5. The van der Waals surface area contributed by atoms with Crippen LogP contribution in [0.3, 0.4) is 0 Å². The lowest BCUT2D eigenvalue weighted by Crippen LogP contribution is -2.22. The number of ether oxygens (including phenoxy) is 2. The van der Waals surface area contributed by atoms with Gasteiger partial charge in [0.1, 0.15) is 11.5 Å². The number of aryl methyl sites for hydroxylation is 1. The molecule has 0 aliphatic carbocycles. The molecule has 0 aliphatic rings. The van der Waals surface area contributed by atoms with Crippen LogP contribution in [0.2, 0.25) is 0 Å². The topological polar surface area (TPSA) is 21.7 Å². The molecule has 1 aromatic rings. The van der Waals surface area contributed by atoms with Gasteiger partial charge >= 0.3 is 0 Å². The summed E-state index contributed by atoms with van der Waals surface area (Å²) < 4.78 is 10.8. The summed E-state index contributed by atoms with van der Waals surface area (Å²) in [5, 5.41) is 0. The van der Waals surface area contributed by atoms with Crippen molar-refractivity contribution in [2.75, 3.05) is 32.2 Å². The molecule has 0 fully saturated rings. The minimum atomic E-state index is 0.905. The number of hydrogen-bond acceptors (Lipinski definition) is 3. The number of methoxy groups -OCH3 is 2. The van der Waals surface area contributed by atoms with E-state index < -0.39 is 0 Å². The lowest BCUT2D eigenvalue weighted by molar-refractivity contribution is 0.400. The molecule has 0 aliphatic heterocycles. The van der Waals surface area contributed by atoms with Crippen molar-refractivity contribution in [2.24, 2.45) is 0 Å². The van der Waals surface area contributed by atoms with E-state index in [2.05, 4.69) is 18.7 Å². The SMILES string of the molecule is CCN(CC)c1cc(OC)c(C)cc1OC. The van der Waals surface area contributed by atoms with Gasteiger partial charge in [0.05, 0.1) is 19.9 Å². The van der Waals surface area contributed by atoms with Crippen LogP contribution in [0.1, 0.15) is 19.4 Å². The van der Waals surface area contributed by atoms with E-state index in [0.29, 0.717) is 0 Å². The van der Waals surface area contributed by atoms with E-state index in [0.717, 1.165) is 35.8 Å². The molecular weight excluding hydrogens is 202 g/mol. The van der Waals surface area contributed by atoms with Crippen LogP contribution in [0.15, 0.2) is 12.1 Å². The van der Waals surface area contributed by atoms with Crippen molar-refractivity contribution in [2.45, 2.75) is 20.8 Å². The molecule has 0 N–H and O–H groups in total. The van der Waals surface area contributed by atoms with Gasteiger partial charge in [0.15, 0.2) is 0 Å². The molecule has 0 radical (unpaired) electrons. The van der Waals surface area contributed by atoms with Crippen LogP contribution in [0.4, 0.5) is 5.69 Å². The highest BCUT2D eigenvalue weighted by Gasteiger charge is 2.12. The summed E-state index contributed by atoms with van der Waals surface area (Å²) in [6.45, 7) is 8.20. The Labute approximate surface area is 98.0 Å². The van der Waals surface area contributed by atoms with E-state index in [4.69, 9.17) is 9.47 Å². The van der Waals surface area contributed by atoms with E-state index in [-0.39, 0.29) is 0 Å². The average Bonchev–Trinajstić information content (AvgIpc) is 2.31. The van der Waals surface area contributed by atoms with Gasteiger partial charge in [-0.05, 0) is 32.4 Å². The minimum absolute atomic E-state index is 0.905. The minimum Gasteiger partial charge on any atom is -0.496 e. The largest absolute Gasteiger partial charge is 0.496 e. The summed E-state index contributed by atoms with van der Waals surface area (Å²) in [5.41, 5.74) is 2.19. The maximum Gasteiger partial charge on any atom is 0.142 e. The van der Waals surface area contributed by atoms with Gasteiger partial charge in [0.2, 0.25) is 0 Å². The highest BCUT2D eigenvalue weighted by atomic mass is 16.5. The summed E-state index contributed by atoms with van der Waals surface area (Å²) in [6.07, 6.45) is 0. The summed E-state index contributed by atoms with van der Waals surface area (Å²) in [7, 11) is 3.40. The standard InChI is InChI=1S/C13H21NO2/c1-6-14(7-2)11-9-12(15-4)10(3)8-13(11)16-5/h8-9H,6-7H2,1-5H3. The van der Waals surface area contributed by atoms with E-state index in [9.17, 15) is 0 Å². The zero-order valence-electron chi connectivity index (χ0n) is 10.8. The van der Waals surface area contributed by atoms with Crippen LogP contribution in [0.25, 0.3) is 0 Å². The third kappa shape index (κ3) is 2.40. The lowest BCUT2D eigenvalue weighted by atomic mass is 10.1. The van der Waals surface area contributed by atoms with E-state index in [1.807, 2.05) is 19.1 Å². The molecule has 0 heterocycles. The zero-order valence-corrected chi connectivity index (χ0v) is 10.8. The van der Waals surface area contributed by atoms with Gasteiger partial charge in [-0.2, -0.15) is 0 Å². The zero-order chi connectivity index (χ0) is 12.1. The fourth-order valence-corrected chi connectivity index (χ4v) is 1.85. The fourth-order valence-electron chi connectivity index (χ4n) is 1.85. The van der Waals surface area contributed by atoms with Crippen LogP contribution < -0.4 is 14.4 Å². The van der Waals surface area contributed by atoms with E-state index in [1.54, 1.807) is 14.2 Å². The third-order valence-corrected chi connectivity index (χ3v) is 2.80. The second-order valence-corrected chi connectivity index (χ2v) is 3.67. The monoisotopic (exact) mass is 223 g/mol. The van der Waals surface area contributed by atoms with Crippen molar-refractivity contribution >= 4 is 5.69 Å². The molecule has 1 rings (SSSR count). The first-order chi connectivity index (χ1) is 7.67. The maximum atomic E-state index is 5.41. The normalized spacial score (nSPS) is 10.1. The molecule has 3 nitrogen and oxygen atoms in total. The molecule has 1 aromatic carbocycles. The van der Waals surface area contributed by atoms with Crippen LogP contribution >= 0.6 is 0 Å². The summed E-state index contributed by atoms with van der Waals surface area (Å²) in [4.78, 5) is 2.25. The van der Waals surface area contributed by atoms with Crippen LogP contribution in [0.5, 0.6) is 11.5 Å². The van der Waals surface area contributed by atoms with Gasteiger partial charge in [0, 0.05) is 19.2 Å². The molecule has 0 spiro atoms. The summed E-state index contributed by atoms with van der Waals surface area (Å²) in [5.74, 6) is 1.81. The van der Waals surface area contributed by atoms with Crippen LogP contribution in [-0.4, -0.2) is 27.3 Å². The Morgan fingerprint density at radius 1 is 1.00 bits per heavy atom. The number of nitrogens with zero attached hydrogens (tertiary/aromatic N) is 1. The van der Waals surface area contributed by atoms with Crippen molar-refractivity contribution in [3.05, 3.63) is 17.7 Å². The van der Waals surface area contributed by atoms with Crippen molar-refractivity contribution in [1.82, 2.24) is 0 Å². The Morgan fingerprint density at radius 2 is 1.56 bits per heavy atom. The number of benzene rings is 1. The van der Waals surface area contributed by atoms with E-state index >= 15 is 0 Å². The van der Waals surface area contributed by atoms with Gasteiger partial charge in [-0.15, -0.1) is 0 Å². The highest BCUT2D eigenvalue weighted by molar-refractivity contribution is 5.63. The molecule has 0 unspecified atom stereocenters. The molecule has 0 atom stereocenters. The first-order valence-electron chi connectivity index (χ1n) is 5.65. The maximum absolute atomic E-state index is 5.41. The highest BCUT2D eigenvalue weighted by Crippen LogP contribution is 2.34. The Kier molecular flexibility index (Phi) is 4.47. The van der Waals surface area contributed by atoms with Crippen LogP contribution in [0, 0.1) is 6.92 Å². The molecular formula is C13H21NO2. The molecule has 16 heavy (non-hydrogen) atoms. The smallest absolute Gasteiger partial charge is 0.142 e. The van der Waals surface area contributed by atoms with Gasteiger partial charge in [0.25, 0.3) is 0 Å². The third-order valence-electron chi connectivity index (χ3n) is 2.80. The average molecular weight is 223 g/mol. The quantitative estimate of drug-likeness (QED) is 0.766. The Hall–Kier alpha value is -1.38. The van der Waals surface area contributed by atoms with Gasteiger partial charge in [-0.1, -0.05) is 0 Å². The summed E-state index contributed by atoms with van der Waals surface area (Å²) in [6, 6.07) is 4.06. The first kappa shape index (κ1) is 12.7. The predicted octanol–water partition coefficient (Wildman–Crippen LogP) is 2.86. The molecule has 90 valence electrons. The molecule has 0 aromatic heterocycles. The van der Waals surface area contributed by atoms with E-state index in [1.165, 1.54) is 0 Å². The second-order valence-electron chi connectivity index (χ2n) is 3.67. The van der Waals surface area contributed by atoms with Gasteiger partial charge in [-0.3, -0.25) is 0 Å². The number of hydrogen-bond donors (Lipinski definition) is 0. The van der Waals surface area contributed by atoms with Crippen molar-refractivity contribution < 1.29 is 9.47 Å².